The Hall–Kier alpha value is -0.130. The van der Waals surface area contributed by atoms with Gasteiger partial charge in [-0.25, -0.2) is 12.7 Å². The summed E-state index contributed by atoms with van der Waals surface area (Å²) in [6.45, 7) is 3.61. The smallest absolute Gasteiger partial charge is 0.214 e. The molecule has 0 radical (unpaired) electrons. The second kappa shape index (κ2) is 4.39. The minimum Gasteiger partial charge on any atom is -0.315 e. The number of nitrogens with one attached hydrogen (secondary N) is 1. The van der Waals surface area contributed by atoms with Gasteiger partial charge in [0.05, 0.1) is 5.75 Å². The fraction of sp³-hybridized carbons (Fsp3) is 1.00. The van der Waals surface area contributed by atoms with E-state index in [1.54, 1.807) is 7.05 Å². The first-order valence-corrected chi connectivity index (χ1v) is 6.35. The predicted molar refractivity (Wildman–Crippen MR) is 53.1 cm³/mol. The molecule has 1 aliphatic rings. The molecule has 1 atom stereocenters. The molecule has 0 spiro atoms. The van der Waals surface area contributed by atoms with E-state index in [1.165, 1.54) is 4.31 Å². The van der Waals surface area contributed by atoms with E-state index in [0.717, 1.165) is 19.5 Å². The summed E-state index contributed by atoms with van der Waals surface area (Å²) in [5.74, 6) is 0.264. The van der Waals surface area contributed by atoms with E-state index in [0.29, 0.717) is 6.42 Å². The Morgan fingerprint density at radius 1 is 1.54 bits per heavy atom. The molecule has 0 aromatic rings. The Morgan fingerprint density at radius 3 is 2.69 bits per heavy atom. The lowest BCUT2D eigenvalue weighted by molar-refractivity contribution is 0.387. The Balaban J connectivity index is 2.59. The van der Waals surface area contributed by atoms with Crippen molar-refractivity contribution in [1.82, 2.24) is 9.62 Å². The van der Waals surface area contributed by atoms with Gasteiger partial charge in [-0.05, 0) is 19.4 Å². The molecule has 1 rings (SSSR count). The number of hydrogen-bond acceptors (Lipinski definition) is 3. The summed E-state index contributed by atoms with van der Waals surface area (Å²) in [7, 11) is -1.32. The molecule has 0 amide bonds. The molecule has 1 heterocycles. The van der Waals surface area contributed by atoms with Gasteiger partial charge in [0.25, 0.3) is 0 Å². The maximum Gasteiger partial charge on any atom is 0.214 e. The molecule has 0 aromatic heterocycles. The Kier molecular flexibility index (Phi) is 3.70. The van der Waals surface area contributed by atoms with E-state index < -0.39 is 10.0 Å². The van der Waals surface area contributed by atoms with Crippen LogP contribution in [0, 0.1) is 0 Å². The molecule has 1 N–H and O–H groups in total. The van der Waals surface area contributed by atoms with Crippen LogP contribution in [0.5, 0.6) is 0 Å². The first-order chi connectivity index (χ1) is 6.08. The third kappa shape index (κ3) is 2.65. The average Bonchev–Trinajstić information content (AvgIpc) is 2.54. The van der Waals surface area contributed by atoms with Crippen LogP contribution in [0.2, 0.25) is 0 Å². The van der Waals surface area contributed by atoms with Crippen LogP contribution in [0.15, 0.2) is 0 Å². The van der Waals surface area contributed by atoms with Crippen molar-refractivity contribution in [3.8, 4) is 0 Å². The molecule has 5 heteroatoms. The summed E-state index contributed by atoms with van der Waals surface area (Å²) in [6.07, 6.45) is 1.62. The van der Waals surface area contributed by atoms with Gasteiger partial charge in [-0.2, -0.15) is 0 Å². The zero-order valence-electron chi connectivity index (χ0n) is 8.28. The fourth-order valence-corrected chi connectivity index (χ4v) is 3.02. The van der Waals surface area contributed by atoms with E-state index in [-0.39, 0.29) is 11.8 Å². The SMILES string of the molecule is CCCS(=O)(=O)N(C)C1CCNC1. The average molecular weight is 206 g/mol. The molecular formula is C8H18N2O2S. The fourth-order valence-electron chi connectivity index (χ4n) is 1.58. The largest absolute Gasteiger partial charge is 0.315 e. The van der Waals surface area contributed by atoms with Crippen molar-refractivity contribution in [3.63, 3.8) is 0 Å². The van der Waals surface area contributed by atoms with Gasteiger partial charge in [-0.3, -0.25) is 0 Å². The third-order valence-corrected chi connectivity index (χ3v) is 4.55. The van der Waals surface area contributed by atoms with Gasteiger partial charge in [-0.15, -0.1) is 0 Å². The molecule has 1 unspecified atom stereocenters. The van der Waals surface area contributed by atoms with Gasteiger partial charge in [0.2, 0.25) is 10.0 Å². The van der Waals surface area contributed by atoms with Crippen LogP contribution in [0.25, 0.3) is 0 Å². The van der Waals surface area contributed by atoms with Crippen LogP contribution in [0.4, 0.5) is 0 Å². The summed E-state index contributed by atoms with van der Waals surface area (Å²) >= 11 is 0. The van der Waals surface area contributed by atoms with Crippen LogP contribution in [0.3, 0.4) is 0 Å². The molecule has 0 saturated carbocycles. The molecule has 1 aliphatic heterocycles. The van der Waals surface area contributed by atoms with Crippen LogP contribution in [-0.4, -0.2) is 44.7 Å². The first-order valence-electron chi connectivity index (χ1n) is 4.74. The van der Waals surface area contributed by atoms with Crippen molar-refractivity contribution in [2.45, 2.75) is 25.8 Å². The maximum atomic E-state index is 11.6. The lowest BCUT2D eigenvalue weighted by atomic mass is 10.3. The highest BCUT2D eigenvalue weighted by molar-refractivity contribution is 7.89. The van der Waals surface area contributed by atoms with Crippen molar-refractivity contribution in [2.24, 2.45) is 0 Å². The number of nitrogens with zero attached hydrogens (tertiary/aromatic N) is 1. The lowest BCUT2D eigenvalue weighted by Gasteiger charge is -2.22. The summed E-state index contributed by atoms with van der Waals surface area (Å²) in [5, 5.41) is 3.16. The van der Waals surface area contributed by atoms with Crippen LogP contribution >= 0.6 is 0 Å². The molecule has 4 nitrogen and oxygen atoms in total. The monoisotopic (exact) mass is 206 g/mol. The number of sulfonamides is 1. The van der Waals surface area contributed by atoms with E-state index in [1.807, 2.05) is 6.92 Å². The zero-order chi connectivity index (χ0) is 9.90. The normalized spacial score (nSPS) is 24.1. The highest BCUT2D eigenvalue weighted by Crippen LogP contribution is 2.11. The second-order valence-electron chi connectivity index (χ2n) is 3.48. The van der Waals surface area contributed by atoms with Crippen LogP contribution < -0.4 is 5.32 Å². The molecule has 13 heavy (non-hydrogen) atoms. The van der Waals surface area contributed by atoms with Gasteiger partial charge < -0.3 is 5.32 Å². The van der Waals surface area contributed by atoms with Crippen molar-refractivity contribution in [1.29, 1.82) is 0 Å². The van der Waals surface area contributed by atoms with Gasteiger partial charge in [0.15, 0.2) is 0 Å². The van der Waals surface area contributed by atoms with Gasteiger partial charge >= 0.3 is 0 Å². The standard InChI is InChI=1S/C8H18N2O2S/c1-3-6-13(11,12)10(2)8-4-5-9-7-8/h8-9H,3-7H2,1-2H3. The number of hydrogen-bond donors (Lipinski definition) is 1. The molecular weight excluding hydrogens is 188 g/mol. The van der Waals surface area contributed by atoms with E-state index in [9.17, 15) is 8.42 Å². The molecule has 78 valence electrons. The maximum absolute atomic E-state index is 11.6. The topological polar surface area (TPSA) is 49.4 Å². The predicted octanol–water partition coefficient (Wildman–Crippen LogP) is 0.0199. The van der Waals surface area contributed by atoms with Crippen molar-refractivity contribution >= 4 is 10.0 Å². The van der Waals surface area contributed by atoms with Gasteiger partial charge in [-0.1, -0.05) is 6.92 Å². The molecule has 0 aromatic carbocycles. The van der Waals surface area contributed by atoms with Crippen molar-refractivity contribution in [3.05, 3.63) is 0 Å². The van der Waals surface area contributed by atoms with E-state index in [4.69, 9.17) is 0 Å². The van der Waals surface area contributed by atoms with E-state index in [2.05, 4.69) is 5.32 Å². The van der Waals surface area contributed by atoms with Gasteiger partial charge in [0.1, 0.15) is 0 Å². The molecule has 1 fully saturated rings. The van der Waals surface area contributed by atoms with Crippen molar-refractivity contribution in [2.75, 3.05) is 25.9 Å². The third-order valence-electron chi connectivity index (χ3n) is 2.45. The highest BCUT2D eigenvalue weighted by Gasteiger charge is 2.27. The Morgan fingerprint density at radius 2 is 2.23 bits per heavy atom. The summed E-state index contributed by atoms with van der Waals surface area (Å²) in [6, 6.07) is 0.163. The summed E-state index contributed by atoms with van der Waals surface area (Å²) in [5.41, 5.74) is 0. The number of rotatable bonds is 4. The summed E-state index contributed by atoms with van der Waals surface area (Å²) in [4.78, 5) is 0. The lowest BCUT2D eigenvalue weighted by Crippen LogP contribution is -2.39. The van der Waals surface area contributed by atoms with Crippen LogP contribution in [0.1, 0.15) is 19.8 Å². The van der Waals surface area contributed by atoms with E-state index >= 15 is 0 Å². The molecule has 0 aliphatic carbocycles. The molecule has 0 bridgehead atoms. The minimum atomic E-state index is -3.00. The quantitative estimate of drug-likeness (QED) is 0.705. The second-order valence-corrected chi connectivity index (χ2v) is 5.63. The van der Waals surface area contributed by atoms with Crippen LogP contribution in [-0.2, 0) is 10.0 Å². The van der Waals surface area contributed by atoms with Gasteiger partial charge in [0, 0.05) is 19.6 Å². The Bertz CT molecular complexity index is 245. The first kappa shape index (κ1) is 10.9. The minimum absolute atomic E-state index is 0.163. The zero-order valence-corrected chi connectivity index (χ0v) is 9.10. The van der Waals surface area contributed by atoms with Crippen molar-refractivity contribution < 1.29 is 8.42 Å². The molecule has 1 saturated heterocycles. The highest BCUT2D eigenvalue weighted by atomic mass is 32.2. The summed E-state index contributed by atoms with van der Waals surface area (Å²) < 4.78 is 24.8. The Labute approximate surface area is 80.4 Å². The number of likely N-dealkylation sites (N-methyl/N-ethyl adjacent to an activating group) is 1.